The molecule has 0 saturated carbocycles. The van der Waals surface area contributed by atoms with Gasteiger partial charge in [-0.2, -0.15) is 0 Å². The third-order valence-electron chi connectivity index (χ3n) is 3.65. The minimum Gasteiger partial charge on any atom is -0.397 e. The second-order valence-electron chi connectivity index (χ2n) is 5.11. The summed E-state index contributed by atoms with van der Waals surface area (Å²) in [4.78, 5) is 2.35. The first-order valence-electron chi connectivity index (χ1n) is 6.40. The molecule has 1 atom stereocenters. The molecule has 3 rings (SSSR count). The Labute approximate surface area is 108 Å². The van der Waals surface area contributed by atoms with E-state index in [2.05, 4.69) is 55.1 Å². The maximum atomic E-state index is 6.18. The third-order valence-corrected chi connectivity index (χ3v) is 3.65. The number of aryl methyl sites for hydroxylation is 1. The molecule has 0 fully saturated rings. The summed E-state index contributed by atoms with van der Waals surface area (Å²) in [6, 6.07) is 15.3. The average Bonchev–Trinajstić information content (AvgIpc) is 2.66. The molecule has 0 amide bonds. The Balaban J connectivity index is 2.12. The molecule has 2 nitrogen and oxygen atoms in total. The lowest BCUT2D eigenvalue weighted by Crippen LogP contribution is -2.24. The van der Waals surface area contributed by atoms with Gasteiger partial charge in [-0.1, -0.05) is 24.3 Å². The van der Waals surface area contributed by atoms with Gasteiger partial charge in [0.1, 0.15) is 0 Å². The number of nitrogens with zero attached hydrogens (tertiary/aromatic N) is 1. The highest BCUT2D eigenvalue weighted by Crippen LogP contribution is 2.40. The van der Waals surface area contributed by atoms with Gasteiger partial charge < -0.3 is 10.6 Å². The van der Waals surface area contributed by atoms with E-state index in [1.807, 2.05) is 6.07 Å². The number of para-hydroxylation sites is 1. The molecule has 1 heterocycles. The predicted molar refractivity (Wildman–Crippen MR) is 77.3 cm³/mol. The zero-order valence-electron chi connectivity index (χ0n) is 10.9. The number of nitrogens with two attached hydrogens (primary N) is 1. The van der Waals surface area contributed by atoms with Crippen LogP contribution in [-0.4, -0.2) is 6.04 Å². The molecule has 1 unspecified atom stereocenters. The quantitative estimate of drug-likeness (QED) is 0.768. The van der Waals surface area contributed by atoms with Crippen LogP contribution in [0.25, 0.3) is 0 Å². The van der Waals surface area contributed by atoms with Crippen molar-refractivity contribution in [3.8, 4) is 0 Å². The molecule has 0 saturated heterocycles. The van der Waals surface area contributed by atoms with Gasteiger partial charge in [0.15, 0.2) is 0 Å². The number of nitrogen functional groups attached to an aromatic ring is 1. The van der Waals surface area contributed by atoms with E-state index in [1.54, 1.807) is 0 Å². The van der Waals surface area contributed by atoms with Crippen molar-refractivity contribution in [2.24, 2.45) is 0 Å². The molecule has 0 bridgehead atoms. The van der Waals surface area contributed by atoms with Crippen LogP contribution in [0.1, 0.15) is 18.1 Å². The van der Waals surface area contributed by atoms with Crippen LogP contribution in [0.15, 0.2) is 42.5 Å². The van der Waals surface area contributed by atoms with Crippen molar-refractivity contribution in [3.63, 3.8) is 0 Å². The largest absolute Gasteiger partial charge is 0.397 e. The summed E-state index contributed by atoms with van der Waals surface area (Å²) in [7, 11) is 0. The molecule has 0 aliphatic carbocycles. The van der Waals surface area contributed by atoms with E-state index in [1.165, 1.54) is 16.8 Å². The highest BCUT2D eigenvalue weighted by molar-refractivity contribution is 5.79. The van der Waals surface area contributed by atoms with Crippen LogP contribution in [0.3, 0.4) is 0 Å². The first-order chi connectivity index (χ1) is 8.66. The molecule has 2 heteroatoms. The van der Waals surface area contributed by atoms with Gasteiger partial charge in [0, 0.05) is 11.7 Å². The summed E-state index contributed by atoms with van der Waals surface area (Å²) >= 11 is 0. The number of hydrogen-bond acceptors (Lipinski definition) is 2. The van der Waals surface area contributed by atoms with Gasteiger partial charge in [0.05, 0.1) is 11.4 Å². The maximum Gasteiger partial charge on any atom is 0.0647 e. The standard InChI is InChI=1S/C16H18N2/c1-11-7-8-16(14(17)9-11)18-12(2)10-13-5-3-4-6-15(13)18/h3-9,12H,10,17H2,1-2H3. The Morgan fingerprint density at radius 3 is 2.67 bits per heavy atom. The van der Waals surface area contributed by atoms with Gasteiger partial charge in [-0.15, -0.1) is 0 Å². The second-order valence-corrected chi connectivity index (χ2v) is 5.11. The molecule has 0 aromatic heterocycles. The molecule has 2 aromatic rings. The fourth-order valence-electron chi connectivity index (χ4n) is 2.83. The second kappa shape index (κ2) is 4.05. The topological polar surface area (TPSA) is 29.3 Å². The van der Waals surface area contributed by atoms with Crippen LogP contribution in [0.5, 0.6) is 0 Å². The van der Waals surface area contributed by atoms with Crippen molar-refractivity contribution in [1.29, 1.82) is 0 Å². The highest BCUT2D eigenvalue weighted by atomic mass is 15.2. The Morgan fingerprint density at radius 1 is 1.11 bits per heavy atom. The minimum absolute atomic E-state index is 0.465. The molecule has 18 heavy (non-hydrogen) atoms. The first-order valence-corrected chi connectivity index (χ1v) is 6.40. The Bertz CT molecular complexity index is 589. The zero-order chi connectivity index (χ0) is 12.7. The lowest BCUT2D eigenvalue weighted by molar-refractivity contribution is 0.759. The average molecular weight is 238 g/mol. The Kier molecular flexibility index (Phi) is 2.51. The molecule has 1 aliphatic rings. The van der Waals surface area contributed by atoms with Crippen molar-refractivity contribution < 1.29 is 0 Å². The van der Waals surface area contributed by atoms with Gasteiger partial charge in [0.25, 0.3) is 0 Å². The van der Waals surface area contributed by atoms with Crippen molar-refractivity contribution in [1.82, 2.24) is 0 Å². The molecule has 1 aliphatic heterocycles. The zero-order valence-corrected chi connectivity index (χ0v) is 10.9. The monoisotopic (exact) mass is 238 g/mol. The number of rotatable bonds is 1. The van der Waals surface area contributed by atoms with Crippen molar-refractivity contribution in [2.45, 2.75) is 26.3 Å². The Morgan fingerprint density at radius 2 is 1.89 bits per heavy atom. The van der Waals surface area contributed by atoms with E-state index in [4.69, 9.17) is 5.73 Å². The summed E-state index contributed by atoms with van der Waals surface area (Å²) in [5, 5.41) is 0. The molecular formula is C16H18N2. The van der Waals surface area contributed by atoms with Crippen LogP contribution >= 0.6 is 0 Å². The van der Waals surface area contributed by atoms with Gasteiger partial charge >= 0.3 is 0 Å². The lowest BCUT2D eigenvalue weighted by Gasteiger charge is -2.26. The molecular weight excluding hydrogens is 220 g/mol. The fraction of sp³-hybridized carbons (Fsp3) is 0.250. The van der Waals surface area contributed by atoms with E-state index in [0.29, 0.717) is 6.04 Å². The van der Waals surface area contributed by atoms with E-state index >= 15 is 0 Å². The smallest absolute Gasteiger partial charge is 0.0647 e. The van der Waals surface area contributed by atoms with Crippen molar-refractivity contribution >= 4 is 17.1 Å². The number of fused-ring (bicyclic) bond motifs is 1. The SMILES string of the molecule is Cc1ccc(N2c3ccccc3CC2C)c(N)c1. The number of anilines is 3. The van der Waals surface area contributed by atoms with E-state index < -0.39 is 0 Å². The maximum absolute atomic E-state index is 6.18. The summed E-state index contributed by atoms with van der Waals surface area (Å²) in [5.41, 5.74) is 12.1. The van der Waals surface area contributed by atoms with Gasteiger partial charge in [0.2, 0.25) is 0 Å². The number of benzene rings is 2. The molecule has 2 N–H and O–H groups in total. The summed E-state index contributed by atoms with van der Waals surface area (Å²) < 4.78 is 0. The van der Waals surface area contributed by atoms with Crippen molar-refractivity contribution in [3.05, 3.63) is 53.6 Å². The van der Waals surface area contributed by atoms with E-state index in [9.17, 15) is 0 Å². The predicted octanol–water partition coefficient (Wildman–Crippen LogP) is 3.66. The molecule has 0 radical (unpaired) electrons. The summed E-state index contributed by atoms with van der Waals surface area (Å²) in [5.74, 6) is 0. The summed E-state index contributed by atoms with van der Waals surface area (Å²) in [6.07, 6.45) is 1.09. The fourth-order valence-corrected chi connectivity index (χ4v) is 2.83. The van der Waals surface area contributed by atoms with E-state index in [0.717, 1.165) is 17.8 Å². The molecule has 2 aromatic carbocycles. The van der Waals surface area contributed by atoms with E-state index in [-0.39, 0.29) is 0 Å². The van der Waals surface area contributed by atoms with Gasteiger partial charge in [-0.25, -0.2) is 0 Å². The molecule has 92 valence electrons. The normalized spacial score (nSPS) is 17.9. The Hall–Kier alpha value is -1.96. The lowest BCUT2D eigenvalue weighted by atomic mass is 10.1. The third kappa shape index (κ3) is 1.65. The van der Waals surface area contributed by atoms with Crippen LogP contribution in [0.4, 0.5) is 17.1 Å². The van der Waals surface area contributed by atoms with Crippen LogP contribution in [0, 0.1) is 6.92 Å². The first kappa shape index (κ1) is 11.1. The van der Waals surface area contributed by atoms with Gasteiger partial charge in [-0.05, 0) is 49.6 Å². The van der Waals surface area contributed by atoms with Crippen molar-refractivity contribution in [2.75, 3.05) is 10.6 Å². The van der Waals surface area contributed by atoms with Gasteiger partial charge in [-0.3, -0.25) is 0 Å². The molecule has 0 spiro atoms. The summed E-state index contributed by atoms with van der Waals surface area (Å²) in [6.45, 7) is 4.32. The highest BCUT2D eigenvalue weighted by Gasteiger charge is 2.27. The van der Waals surface area contributed by atoms with Crippen LogP contribution in [-0.2, 0) is 6.42 Å². The van der Waals surface area contributed by atoms with Crippen LogP contribution < -0.4 is 10.6 Å². The number of hydrogen-bond donors (Lipinski definition) is 1. The van der Waals surface area contributed by atoms with Crippen LogP contribution in [0.2, 0.25) is 0 Å². The minimum atomic E-state index is 0.465.